The minimum Gasteiger partial charge on any atom is -0.310 e. The van der Waals surface area contributed by atoms with Gasteiger partial charge in [0, 0.05) is 6.04 Å². The molecule has 1 atom stereocenters. The quantitative estimate of drug-likeness (QED) is 0.821. The first-order valence-electron chi connectivity index (χ1n) is 6.10. The number of halogens is 1. The summed E-state index contributed by atoms with van der Waals surface area (Å²) < 4.78 is 0. The maximum atomic E-state index is 3.60. The summed E-state index contributed by atoms with van der Waals surface area (Å²) in [4.78, 5) is 0. The number of nitrogens with one attached hydrogen (secondary N) is 1. The van der Waals surface area contributed by atoms with Crippen LogP contribution in [0.1, 0.15) is 56.2 Å². The third-order valence-corrected chi connectivity index (χ3v) is 3.29. The molecule has 0 amide bonds. The third kappa shape index (κ3) is 3.23. The van der Waals surface area contributed by atoms with E-state index in [1.807, 2.05) is 0 Å². The lowest BCUT2D eigenvalue weighted by Gasteiger charge is -2.24. The van der Waals surface area contributed by atoms with E-state index >= 15 is 0 Å². The molecule has 0 spiro atoms. The minimum atomic E-state index is 0. The molecule has 0 saturated carbocycles. The molecule has 2 heteroatoms. The van der Waals surface area contributed by atoms with E-state index in [2.05, 4.69) is 43.4 Å². The van der Waals surface area contributed by atoms with Gasteiger partial charge in [-0.3, -0.25) is 0 Å². The van der Waals surface area contributed by atoms with Crippen LogP contribution in [0.5, 0.6) is 0 Å². The molecule has 0 radical (unpaired) electrons. The fourth-order valence-corrected chi connectivity index (χ4v) is 2.27. The molecule has 2 rings (SSSR count). The van der Waals surface area contributed by atoms with Crippen LogP contribution in [0.4, 0.5) is 0 Å². The van der Waals surface area contributed by atoms with Gasteiger partial charge in [0.25, 0.3) is 0 Å². The van der Waals surface area contributed by atoms with E-state index in [1.165, 1.54) is 36.9 Å². The van der Waals surface area contributed by atoms with Crippen LogP contribution in [0.3, 0.4) is 0 Å². The summed E-state index contributed by atoms with van der Waals surface area (Å²) in [5, 5.41) is 3.60. The van der Waals surface area contributed by atoms with Crippen LogP contribution in [0.15, 0.2) is 24.3 Å². The highest BCUT2D eigenvalue weighted by molar-refractivity contribution is 5.85. The fourth-order valence-electron chi connectivity index (χ4n) is 2.27. The van der Waals surface area contributed by atoms with E-state index < -0.39 is 0 Å². The predicted molar refractivity (Wildman–Crippen MR) is 72.4 cm³/mol. The zero-order valence-electron chi connectivity index (χ0n) is 10.2. The normalized spacial score (nSPS) is 20.6. The highest BCUT2D eigenvalue weighted by atomic mass is 35.5. The first kappa shape index (κ1) is 13.5. The Balaban J connectivity index is 0.00000128. The van der Waals surface area contributed by atoms with Crippen molar-refractivity contribution in [3.8, 4) is 0 Å². The number of hydrogen-bond acceptors (Lipinski definition) is 1. The van der Waals surface area contributed by atoms with Crippen molar-refractivity contribution < 1.29 is 0 Å². The monoisotopic (exact) mass is 239 g/mol. The topological polar surface area (TPSA) is 12.0 Å². The number of piperidine rings is 1. The van der Waals surface area contributed by atoms with Crippen LogP contribution in [-0.2, 0) is 0 Å². The van der Waals surface area contributed by atoms with E-state index in [-0.39, 0.29) is 12.4 Å². The molecule has 1 aliphatic heterocycles. The highest BCUT2D eigenvalue weighted by Crippen LogP contribution is 2.25. The van der Waals surface area contributed by atoms with Gasteiger partial charge in [0.05, 0.1) is 0 Å². The Morgan fingerprint density at radius 2 is 2.06 bits per heavy atom. The van der Waals surface area contributed by atoms with Crippen LogP contribution >= 0.6 is 12.4 Å². The van der Waals surface area contributed by atoms with Crippen molar-refractivity contribution in [2.75, 3.05) is 6.54 Å². The Morgan fingerprint density at radius 1 is 1.25 bits per heavy atom. The lowest BCUT2D eigenvalue weighted by atomic mass is 9.93. The Hall–Kier alpha value is -0.530. The van der Waals surface area contributed by atoms with Crippen molar-refractivity contribution in [2.24, 2.45) is 0 Å². The van der Waals surface area contributed by atoms with Crippen molar-refractivity contribution in [2.45, 2.75) is 45.1 Å². The summed E-state index contributed by atoms with van der Waals surface area (Å²) >= 11 is 0. The highest BCUT2D eigenvalue weighted by Gasteiger charge is 2.14. The molecule has 0 bridgehead atoms. The molecule has 1 saturated heterocycles. The van der Waals surface area contributed by atoms with Gasteiger partial charge in [0.2, 0.25) is 0 Å². The molecule has 1 nitrogen and oxygen atoms in total. The molecule has 0 unspecified atom stereocenters. The van der Waals surface area contributed by atoms with Gasteiger partial charge >= 0.3 is 0 Å². The molecule has 90 valence electrons. The second-order valence-electron chi connectivity index (χ2n) is 4.83. The lowest BCUT2D eigenvalue weighted by Crippen LogP contribution is -2.26. The molecule has 1 fully saturated rings. The molecule has 1 aliphatic rings. The average Bonchev–Trinajstić information content (AvgIpc) is 2.30. The summed E-state index contributed by atoms with van der Waals surface area (Å²) in [6.07, 6.45) is 3.99. The van der Waals surface area contributed by atoms with Crippen molar-refractivity contribution in [3.63, 3.8) is 0 Å². The molecular formula is C14H22ClN. The van der Waals surface area contributed by atoms with E-state index in [9.17, 15) is 0 Å². The molecule has 1 N–H and O–H groups in total. The van der Waals surface area contributed by atoms with Crippen molar-refractivity contribution in [3.05, 3.63) is 35.4 Å². The smallest absolute Gasteiger partial charge is 0.0320 e. The second-order valence-corrected chi connectivity index (χ2v) is 4.83. The largest absolute Gasteiger partial charge is 0.310 e. The van der Waals surface area contributed by atoms with Crippen molar-refractivity contribution in [1.82, 2.24) is 5.32 Å². The van der Waals surface area contributed by atoms with Gasteiger partial charge in [-0.1, -0.05) is 44.5 Å². The molecule has 1 heterocycles. The maximum absolute atomic E-state index is 3.60. The maximum Gasteiger partial charge on any atom is 0.0320 e. The third-order valence-electron chi connectivity index (χ3n) is 3.29. The number of benzene rings is 1. The van der Waals surface area contributed by atoms with Crippen LogP contribution in [-0.4, -0.2) is 6.54 Å². The van der Waals surface area contributed by atoms with Crippen LogP contribution in [0, 0.1) is 0 Å². The van der Waals surface area contributed by atoms with E-state index in [0.29, 0.717) is 12.0 Å². The zero-order chi connectivity index (χ0) is 10.7. The summed E-state index contributed by atoms with van der Waals surface area (Å²) in [6.45, 7) is 5.69. The summed E-state index contributed by atoms with van der Waals surface area (Å²) in [7, 11) is 0. The first-order valence-corrected chi connectivity index (χ1v) is 6.10. The molecular weight excluding hydrogens is 218 g/mol. The van der Waals surface area contributed by atoms with Crippen molar-refractivity contribution >= 4 is 12.4 Å². The summed E-state index contributed by atoms with van der Waals surface area (Å²) in [5.74, 6) is 0.633. The standard InChI is InChI=1S/C14H21N.ClH/c1-11(2)12-6-5-7-13(10-12)14-8-3-4-9-15-14;/h5-7,10-11,14-15H,3-4,8-9H2,1-2H3;1H/t14-;/m1./s1. The van der Waals surface area contributed by atoms with Crippen LogP contribution in [0.2, 0.25) is 0 Å². The zero-order valence-corrected chi connectivity index (χ0v) is 11.0. The van der Waals surface area contributed by atoms with Gasteiger partial charge in [0.1, 0.15) is 0 Å². The molecule has 1 aromatic carbocycles. The SMILES string of the molecule is CC(C)c1cccc([C@H]2CCCCN2)c1.Cl. The van der Waals surface area contributed by atoms with Gasteiger partial charge in [-0.2, -0.15) is 0 Å². The second kappa shape index (κ2) is 6.27. The first-order chi connectivity index (χ1) is 7.27. The molecule has 1 aromatic rings. The Bertz CT molecular complexity index is 316. The van der Waals surface area contributed by atoms with E-state index in [4.69, 9.17) is 0 Å². The Labute approximate surface area is 105 Å². The van der Waals surface area contributed by atoms with Crippen molar-refractivity contribution in [1.29, 1.82) is 0 Å². The Kier molecular flexibility index (Phi) is 5.30. The van der Waals surface area contributed by atoms with E-state index in [0.717, 1.165) is 0 Å². The van der Waals surface area contributed by atoms with Gasteiger partial charge < -0.3 is 5.32 Å². The van der Waals surface area contributed by atoms with Gasteiger partial charge in [0.15, 0.2) is 0 Å². The van der Waals surface area contributed by atoms with E-state index in [1.54, 1.807) is 0 Å². The molecule has 0 aliphatic carbocycles. The summed E-state index contributed by atoms with van der Waals surface area (Å²) in [6, 6.07) is 9.65. The molecule has 0 aromatic heterocycles. The average molecular weight is 240 g/mol. The van der Waals surface area contributed by atoms with Gasteiger partial charge in [-0.25, -0.2) is 0 Å². The lowest BCUT2D eigenvalue weighted by molar-refractivity contribution is 0.412. The van der Waals surface area contributed by atoms with Gasteiger partial charge in [-0.15, -0.1) is 12.4 Å². The number of hydrogen-bond donors (Lipinski definition) is 1. The summed E-state index contributed by atoms with van der Waals surface area (Å²) in [5.41, 5.74) is 2.93. The fraction of sp³-hybridized carbons (Fsp3) is 0.571. The van der Waals surface area contributed by atoms with Gasteiger partial charge in [-0.05, 0) is 36.4 Å². The van der Waals surface area contributed by atoms with Crippen LogP contribution < -0.4 is 5.32 Å². The molecule has 16 heavy (non-hydrogen) atoms. The number of rotatable bonds is 2. The Morgan fingerprint density at radius 3 is 2.69 bits per heavy atom. The minimum absolute atomic E-state index is 0. The van der Waals surface area contributed by atoms with Crippen LogP contribution in [0.25, 0.3) is 0 Å². The predicted octanol–water partition coefficient (Wildman–Crippen LogP) is 4.05.